The van der Waals surface area contributed by atoms with Crippen LogP contribution in [-0.2, 0) is 6.54 Å². The SMILES string of the molecule is Cc1sc2ncn(CCCN(C)C)c(=O)c2c1C(=O)Nc1cncnc1.Cl. The molecule has 3 aromatic heterocycles. The second-order valence-corrected chi connectivity index (χ2v) is 7.40. The van der Waals surface area contributed by atoms with Crippen LogP contribution in [-0.4, -0.2) is 51.0 Å². The summed E-state index contributed by atoms with van der Waals surface area (Å²) in [5.74, 6) is -0.353. The average molecular weight is 409 g/mol. The zero-order chi connectivity index (χ0) is 18.7. The first-order valence-electron chi connectivity index (χ1n) is 8.17. The van der Waals surface area contributed by atoms with Crippen molar-refractivity contribution >= 4 is 45.6 Å². The van der Waals surface area contributed by atoms with E-state index in [0.29, 0.717) is 28.0 Å². The molecule has 0 spiro atoms. The topological polar surface area (TPSA) is 93.0 Å². The highest BCUT2D eigenvalue weighted by Crippen LogP contribution is 2.27. The molecule has 3 rings (SSSR count). The number of hydrogen-bond acceptors (Lipinski definition) is 7. The van der Waals surface area contributed by atoms with Gasteiger partial charge in [0, 0.05) is 11.4 Å². The quantitative estimate of drug-likeness (QED) is 0.672. The van der Waals surface area contributed by atoms with E-state index in [2.05, 4.69) is 25.2 Å². The van der Waals surface area contributed by atoms with Crippen LogP contribution in [0, 0.1) is 6.92 Å². The number of nitrogens with zero attached hydrogens (tertiary/aromatic N) is 5. The van der Waals surface area contributed by atoms with E-state index in [-0.39, 0.29) is 23.9 Å². The highest BCUT2D eigenvalue weighted by molar-refractivity contribution is 7.19. The van der Waals surface area contributed by atoms with Gasteiger partial charge in [-0.2, -0.15) is 0 Å². The lowest BCUT2D eigenvalue weighted by molar-refractivity contribution is 0.102. The third-order valence-corrected chi connectivity index (χ3v) is 4.92. The van der Waals surface area contributed by atoms with Crippen molar-refractivity contribution < 1.29 is 4.79 Å². The van der Waals surface area contributed by atoms with Gasteiger partial charge in [0.05, 0.1) is 35.4 Å². The minimum Gasteiger partial charge on any atom is -0.319 e. The van der Waals surface area contributed by atoms with Gasteiger partial charge in [-0.05, 0) is 34.0 Å². The molecule has 0 aliphatic rings. The maximum absolute atomic E-state index is 12.9. The Balaban J connectivity index is 0.00000261. The molecule has 0 bridgehead atoms. The van der Waals surface area contributed by atoms with E-state index in [1.54, 1.807) is 10.9 Å². The van der Waals surface area contributed by atoms with Gasteiger partial charge in [0.1, 0.15) is 11.2 Å². The van der Waals surface area contributed by atoms with Gasteiger partial charge in [0.2, 0.25) is 0 Å². The number of anilines is 1. The summed E-state index contributed by atoms with van der Waals surface area (Å²) in [6.45, 7) is 3.25. The lowest BCUT2D eigenvalue weighted by Gasteiger charge is -2.10. The minimum absolute atomic E-state index is 0. The predicted octanol–water partition coefficient (Wildman–Crippen LogP) is 2.18. The number of aryl methyl sites for hydroxylation is 2. The first-order chi connectivity index (χ1) is 12.5. The van der Waals surface area contributed by atoms with Crippen LogP contribution in [0.5, 0.6) is 0 Å². The van der Waals surface area contributed by atoms with Gasteiger partial charge in [-0.1, -0.05) is 0 Å². The van der Waals surface area contributed by atoms with Gasteiger partial charge in [-0.25, -0.2) is 15.0 Å². The Morgan fingerprint density at radius 2 is 2.00 bits per heavy atom. The zero-order valence-electron chi connectivity index (χ0n) is 15.3. The van der Waals surface area contributed by atoms with Gasteiger partial charge in [0.15, 0.2) is 0 Å². The zero-order valence-corrected chi connectivity index (χ0v) is 16.9. The molecule has 0 fully saturated rings. The van der Waals surface area contributed by atoms with Crippen LogP contribution >= 0.6 is 23.7 Å². The number of carbonyl (C=O) groups is 1. The van der Waals surface area contributed by atoms with E-state index >= 15 is 0 Å². The Bertz CT molecular complexity index is 986. The Labute approximate surface area is 166 Å². The second-order valence-electron chi connectivity index (χ2n) is 6.19. The van der Waals surface area contributed by atoms with E-state index in [1.165, 1.54) is 30.1 Å². The number of thiophene rings is 1. The van der Waals surface area contributed by atoms with E-state index < -0.39 is 0 Å². The summed E-state index contributed by atoms with van der Waals surface area (Å²) in [6, 6.07) is 0. The van der Waals surface area contributed by atoms with Crippen LogP contribution in [0.4, 0.5) is 5.69 Å². The Kier molecular flexibility index (Phi) is 7.00. The van der Waals surface area contributed by atoms with Crippen molar-refractivity contribution in [2.45, 2.75) is 19.9 Å². The lowest BCUT2D eigenvalue weighted by atomic mass is 10.1. The normalized spacial score (nSPS) is 10.8. The molecule has 10 heteroatoms. The molecule has 3 aromatic rings. The predicted molar refractivity (Wildman–Crippen MR) is 109 cm³/mol. The van der Waals surface area contributed by atoms with Crippen molar-refractivity contribution in [3.8, 4) is 0 Å². The van der Waals surface area contributed by atoms with Gasteiger partial charge < -0.3 is 10.2 Å². The summed E-state index contributed by atoms with van der Waals surface area (Å²) in [7, 11) is 3.98. The number of halogens is 1. The summed E-state index contributed by atoms with van der Waals surface area (Å²) in [4.78, 5) is 41.2. The van der Waals surface area contributed by atoms with Crippen LogP contribution in [0.3, 0.4) is 0 Å². The summed E-state index contributed by atoms with van der Waals surface area (Å²) >= 11 is 1.34. The summed E-state index contributed by atoms with van der Waals surface area (Å²) in [5, 5.41) is 3.11. The van der Waals surface area contributed by atoms with Crippen LogP contribution in [0.15, 0.2) is 29.8 Å². The third kappa shape index (κ3) is 4.68. The molecular formula is C17H21ClN6O2S. The molecule has 8 nitrogen and oxygen atoms in total. The first kappa shape index (κ1) is 20.9. The molecule has 0 atom stereocenters. The molecule has 0 saturated heterocycles. The van der Waals surface area contributed by atoms with Crippen LogP contribution < -0.4 is 10.9 Å². The Hall–Kier alpha value is -2.36. The maximum atomic E-state index is 12.9. The standard InChI is InChI=1S/C17H20N6O2S.ClH/c1-11-13(15(24)21-12-7-18-9-19-8-12)14-16(26-11)20-10-23(17(14)25)6-4-5-22(2)3;/h7-10H,4-6H2,1-3H3,(H,21,24);1H. The molecule has 1 amide bonds. The Morgan fingerprint density at radius 3 is 2.67 bits per heavy atom. The second kappa shape index (κ2) is 9.03. The van der Waals surface area contributed by atoms with Crippen molar-refractivity contribution in [1.82, 2.24) is 24.4 Å². The van der Waals surface area contributed by atoms with E-state index in [4.69, 9.17) is 0 Å². The van der Waals surface area contributed by atoms with Crippen LogP contribution in [0.2, 0.25) is 0 Å². The fourth-order valence-electron chi connectivity index (χ4n) is 2.68. The fourth-order valence-corrected chi connectivity index (χ4v) is 3.66. The minimum atomic E-state index is -0.353. The molecule has 0 aliphatic heterocycles. The largest absolute Gasteiger partial charge is 0.319 e. The summed E-state index contributed by atoms with van der Waals surface area (Å²) in [5.41, 5.74) is 0.660. The fraction of sp³-hybridized carbons (Fsp3) is 0.353. The number of nitrogens with one attached hydrogen (secondary N) is 1. The average Bonchev–Trinajstić information content (AvgIpc) is 2.94. The van der Waals surface area contributed by atoms with Gasteiger partial charge in [-0.3, -0.25) is 14.2 Å². The van der Waals surface area contributed by atoms with Crippen LogP contribution in [0.25, 0.3) is 10.2 Å². The number of hydrogen-bond donors (Lipinski definition) is 1. The summed E-state index contributed by atoms with van der Waals surface area (Å²) in [6.07, 6.45) is 6.78. The molecule has 0 aliphatic carbocycles. The van der Waals surface area contributed by atoms with Crippen molar-refractivity contribution in [3.05, 3.63) is 45.8 Å². The molecule has 0 saturated carbocycles. The number of carbonyl (C=O) groups excluding carboxylic acids is 1. The lowest BCUT2D eigenvalue weighted by Crippen LogP contribution is -2.24. The smallest absolute Gasteiger partial charge is 0.262 e. The van der Waals surface area contributed by atoms with E-state index in [1.807, 2.05) is 21.0 Å². The highest BCUT2D eigenvalue weighted by Gasteiger charge is 2.21. The molecule has 0 aromatic carbocycles. The van der Waals surface area contributed by atoms with Gasteiger partial charge >= 0.3 is 0 Å². The molecule has 144 valence electrons. The molecule has 0 radical (unpaired) electrons. The van der Waals surface area contributed by atoms with Crippen molar-refractivity contribution in [2.24, 2.45) is 0 Å². The maximum Gasteiger partial charge on any atom is 0.262 e. The highest BCUT2D eigenvalue weighted by atomic mass is 35.5. The molecule has 3 heterocycles. The molecule has 0 unspecified atom stereocenters. The van der Waals surface area contributed by atoms with E-state index in [0.717, 1.165) is 17.8 Å². The number of aromatic nitrogens is 4. The number of fused-ring (bicyclic) bond motifs is 1. The first-order valence-corrected chi connectivity index (χ1v) is 8.98. The van der Waals surface area contributed by atoms with Crippen molar-refractivity contribution in [3.63, 3.8) is 0 Å². The van der Waals surface area contributed by atoms with Crippen LogP contribution in [0.1, 0.15) is 21.7 Å². The van der Waals surface area contributed by atoms with Crippen molar-refractivity contribution in [1.29, 1.82) is 0 Å². The van der Waals surface area contributed by atoms with Crippen molar-refractivity contribution in [2.75, 3.05) is 26.0 Å². The van der Waals surface area contributed by atoms with Gasteiger partial charge in [0.25, 0.3) is 11.5 Å². The van der Waals surface area contributed by atoms with Gasteiger partial charge in [-0.15, -0.1) is 23.7 Å². The molecular weight excluding hydrogens is 388 g/mol. The summed E-state index contributed by atoms with van der Waals surface area (Å²) < 4.78 is 1.57. The third-order valence-electron chi connectivity index (χ3n) is 3.90. The monoisotopic (exact) mass is 408 g/mol. The molecule has 1 N–H and O–H groups in total. The Morgan fingerprint density at radius 1 is 1.30 bits per heavy atom. The number of rotatable bonds is 6. The molecule has 27 heavy (non-hydrogen) atoms. The number of amides is 1. The van der Waals surface area contributed by atoms with E-state index in [9.17, 15) is 9.59 Å².